The molecule has 1 saturated heterocycles. The van der Waals surface area contributed by atoms with Gasteiger partial charge in [-0.05, 0) is 36.5 Å². The standard InChI is InChI=1S/C23H25N3O3/c1-16(17-9-11-19(12-10-17)18-7-3-2-4-8-18)24-20(27)15-26-21(28)23(25-22(26)29)13-5-6-14-23/h2-4,7-12,16H,5-6,13-15H2,1H3,(H,24,27)(H,25,29)/t16-/m0/s1. The van der Waals surface area contributed by atoms with E-state index in [-0.39, 0.29) is 24.4 Å². The van der Waals surface area contributed by atoms with Crippen LogP contribution in [0.5, 0.6) is 0 Å². The molecular weight excluding hydrogens is 366 g/mol. The number of urea groups is 1. The molecule has 2 fully saturated rings. The number of amides is 4. The van der Waals surface area contributed by atoms with E-state index in [4.69, 9.17) is 0 Å². The number of benzene rings is 2. The summed E-state index contributed by atoms with van der Waals surface area (Å²) < 4.78 is 0. The van der Waals surface area contributed by atoms with Gasteiger partial charge in [0.1, 0.15) is 12.1 Å². The van der Waals surface area contributed by atoms with Crippen LogP contribution in [0.25, 0.3) is 11.1 Å². The molecule has 2 aliphatic rings. The van der Waals surface area contributed by atoms with Gasteiger partial charge in [-0.25, -0.2) is 4.79 Å². The summed E-state index contributed by atoms with van der Waals surface area (Å²) in [6.45, 7) is 1.64. The summed E-state index contributed by atoms with van der Waals surface area (Å²) in [4.78, 5) is 38.4. The largest absolute Gasteiger partial charge is 0.348 e. The first-order valence-electron chi connectivity index (χ1n) is 10.1. The van der Waals surface area contributed by atoms with Crippen molar-refractivity contribution in [1.82, 2.24) is 15.5 Å². The van der Waals surface area contributed by atoms with Crippen LogP contribution in [0, 0.1) is 0 Å². The number of hydrogen-bond acceptors (Lipinski definition) is 3. The highest BCUT2D eigenvalue weighted by Gasteiger charge is 2.52. The van der Waals surface area contributed by atoms with Crippen LogP contribution in [0.15, 0.2) is 54.6 Å². The second-order valence-electron chi connectivity index (χ2n) is 7.89. The molecule has 1 aliphatic carbocycles. The number of hydrogen-bond donors (Lipinski definition) is 2. The number of nitrogens with zero attached hydrogens (tertiary/aromatic N) is 1. The van der Waals surface area contributed by atoms with Gasteiger partial charge in [-0.3, -0.25) is 14.5 Å². The van der Waals surface area contributed by atoms with Crippen molar-refractivity contribution in [2.75, 3.05) is 6.54 Å². The Hall–Kier alpha value is -3.15. The second-order valence-corrected chi connectivity index (χ2v) is 7.89. The number of rotatable bonds is 5. The summed E-state index contributed by atoms with van der Waals surface area (Å²) in [7, 11) is 0. The van der Waals surface area contributed by atoms with E-state index < -0.39 is 11.6 Å². The maximum Gasteiger partial charge on any atom is 0.325 e. The molecule has 1 aliphatic heterocycles. The lowest BCUT2D eigenvalue weighted by atomic mass is 9.98. The maximum atomic E-state index is 12.7. The van der Waals surface area contributed by atoms with E-state index in [1.54, 1.807) is 0 Å². The molecular formula is C23H25N3O3. The predicted molar refractivity (Wildman–Crippen MR) is 110 cm³/mol. The molecule has 1 saturated carbocycles. The molecule has 29 heavy (non-hydrogen) atoms. The van der Waals surface area contributed by atoms with Gasteiger partial charge in [0.05, 0.1) is 6.04 Å². The Morgan fingerprint density at radius 1 is 1.03 bits per heavy atom. The van der Waals surface area contributed by atoms with Gasteiger partial charge in [-0.15, -0.1) is 0 Å². The van der Waals surface area contributed by atoms with Crippen LogP contribution in [0.4, 0.5) is 4.79 Å². The smallest absolute Gasteiger partial charge is 0.325 e. The van der Waals surface area contributed by atoms with E-state index in [9.17, 15) is 14.4 Å². The number of carbonyl (C=O) groups excluding carboxylic acids is 3. The van der Waals surface area contributed by atoms with E-state index in [2.05, 4.69) is 22.8 Å². The third-order valence-electron chi connectivity index (χ3n) is 5.90. The molecule has 2 aromatic rings. The van der Waals surface area contributed by atoms with Crippen molar-refractivity contribution >= 4 is 17.8 Å². The van der Waals surface area contributed by atoms with Crippen LogP contribution in [0.2, 0.25) is 0 Å². The molecule has 0 bridgehead atoms. The van der Waals surface area contributed by atoms with Crippen LogP contribution in [0.3, 0.4) is 0 Å². The van der Waals surface area contributed by atoms with Gasteiger partial charge in [-0.1, -0.05) is 67.4 Å². The van der Waals surface area contributed by atoms with E-state index in [0.717, 1.165) is 34.4 Å². The third kappa shape index (κ3) is 3.75. The summed E-state index contributed by atoms with van der Waals surface area (Å²) in [5.74, 6) is -0.613. The van der Waals surface area contributed by atoms with Gasteiger partial charge in [0, 0.05) is 0 Å². The fourth-order valence-corrected chi connectivity index (χ4v) is 4.25. The zero-order chi connectivity index (χ0) is 20.4. The van der Waals surface area contributed by atoms with E-state index in [0.29, 0.717) is 12.8 Å². The van der Waals surface area contributed by atoms with Crippen molar-refractivity contribution in [3.05, 3.63) is 60.2 Å². The average molecular weight is 391 g/mol. The number of carbonyl (C=O) groups is 3. The molecule has 6 nitrogen and oxygen atoms in total. The maximum absolute atomic E-state index is 12.7. The Balaban J connectivity index is 1.37. The zero-order valence-corrected chi connectivity index (χ0v) is 16.5. The summed E-state index contributed by atoms with van der Waals surface area (Å²) in [5.41, 5.74) is 2.42. The normalized spacial score (nSPS) is 18.7. The van der Waals surface area contributed by atoms with Crippen LogP contribution < -0.4 is 10.6 Å². The molecule has 2 N–H and O–H groups in total. The van der Waals surface area contributed by atoms with Crippen LogP contribution >= 0.6 is 0 Å². The molecule has 1 heterocycles. The SMILES string of the molecule is C[C@H](NC(=O)CN1C(=O)NC2(CCCC2)C1=O)c1ccc(-c2ccccc2)cc1. The minimum atomic E-state index is -0.781. The van der Waals surface area contributed by atoms with Gasteiger partial charge in [0.25, 0.3) is 5.91 Å². The lowest BCUT2D eigenvalue weighted by Gasteiger charge is -2.20. The Morgan fingerprint density at radius 3 is 2.31 bits per heavy atom. The molecule has 0 aromatic heterocycles. The number of imide groups is 1. The quantitative estimate of drug-likeness (QED) is 0.767. The van der Waals surface area contributed by atoms with Crippen LogP contribution in [0.1, 0.15) is 44.2 Å². The topological polar surface area (TPSA) is 78.5 Å². The summed E-state index contributed by atoms with van der Waals surface area (Å²) in [5, 5.41) is 5.69. The Kier molecular flexibility index (Phi) is 5.09. The number of nitrogens with one attached hydrogen (secondary N) is 2. The van der Waals surface area contributed by atoms with Gasteiger partial charge in [0.15, 0.2) is 0 Å². The predicted octanol–water partition coefficient (Wildman–Crippen LogP) is 3.40. The van der Waals surface area contributed by atoms with Crippen LogP contribution in [-0.2, 0) is 9.59 Å². The Labute approximate surface area is 170 Å². The first kappa shape index (κ1) is 19.2. The molecule has 150 valence electrons. The summed E-state index contributed by atoms with van der Waals surface area (Å²) >= 11 is 0. The third-order valence-corrected chi connectivity index (χ3v) is 5.90. The summed E-state index contributed by atoms with van der Waals surface area (Å²) in [6.07, 6.45) is 3.14. The first-order valence-corrected chi connectivity index (χ1v) is 10.1. The van der Waals surface area contributed by atoms with Crippen molar-refractivity contribution < 1.29 is 14.4 Å². The van der Waals surface area contributed by atoms with Crippen LogP contribution in [-0.4, -0.2) is 34.8 Å². The second kappa shape index (κ2) is 7.70. The highest BCUT2D eigenvalue weighted by atomic mass is 16.2. The lowest BCUT2D eigenvalue weighted by Crippen LogP contribution is -2.45. The van der Waals surface area contributed by atoms with E-state index in [1.807, 2.05) is 49.4 Å². The molecule has 0 radical (unpaired) electrons. The van der Waals surface area contributed by atoms with Crippen molar-refractivity contribution in [3.8, 4) is 11.1 Å². The highest BCUT2D eigenvalue weighted by Crippen LogP contribution is 2.34. The molecule has 4 rings (SSSR count). The lowest BCUT2D eigenvalue weighted by molar-refractivity contribution is -0.135. The first-order chi connectivity index (χ1) is 14.0. The monoisotopic (exact) mass is 391 g/mol. The van der Waals surface area contributed by atoms with Gasteiger partial charge in [0.2, 0.25) is 5.91 Å². The summed E-state index contributed by atoms with van der Waals surface area (Å²) in [6, 6.07) is 17.4. The highest BCUT2D eigenvalue weighted by molar-refractivity contribution is 6.09. The van der Waals surface area contributed by atoms with Crippen molar-refractivity contribution in [3.63, 3.8) is 0 Å². The van der Waals surface area contributed by atoms with Crippen molar-refractivity contribution in [2.24, 2.45) is 0 Å². The molecule has 6 heteroatoms. The average Bonchev–Trinajstić information content (AvgIpc) is 3.29. The van der Waals surface area contributed by atoms with E-state index >= 15 is 0 Å². The fraction of sp³-hybridized carbons (Fsp3) is 0.348. The van der Waals surface area contributed by atoms with Gasteiger partial charge < -0.3 is 10.6 Å². The minimum Gasteiger partial charge on any atom is -0.348 e. The Morgan fingerprint density at radius 2 is 1.66 bits per heavy atom. The zero-order valence-electron chi connectivity index (χ0n) is 16.5. The van der Waals surface area contributed by atoms with Crippen molar-refractivity contribution in [2.45, 2.75) is 44.2 Å². The minimum absolute atomic E-state index is 0.228. The molecule has 2 aromatic carbocycles. The van der Waals surface area contributed by atoms with Gasteiger partial charge >= 0.3 is 6.03 Å². The fourth-order valence-electron chi connectivity index (χ4n) is 4.25. The molecule has 4 amide bonds. The Bertz CT molecular complexity index is 918. The van der Waals surface area contributed by atoms with Gasteiger partial charge in [-0.2, -0.15) is 0 Å². The van der Waals surface area contributed by atoms with Crippen molar-refractivity contribution in [1.29, 1.82) is 0 Å². The molecule has 1 atom stereocenters. The van der Waals surface area contributed by atoms with E-state index in [1.165, 1.54) is 0 Å². The molecule has 1 spiro atoms. The molecule has 0 unspecified atom stereocenters.